The second-order valence-corrected chi connectivity index (χ2v) is 6.58. The van der Waals surface area contributed by atoms with E-state index in [9.17, 15) is 5.11 Å². The Bertz CT molecular complexity index is 943. The number of phenols is 1. The van der Waals surface area contributed by atoms with Gasteiger partial charge < -0.3 is 10.4 Å². The Morgan fingerprint density at radius 1 is 0.875 bits per heavy atom. The maximum atomic E-state index is 9.80. The van der Waals surface area contributed by atoms with E-state index in [4.69, 9.17) is 0 Å². The van der Waals surface area contributed by atoms with Gasteiger partial charge in [0, 0.05) is 23.4 Å². The molecule has 0 atom stereocenters. The lowest BCUT2D eigenvalue weighted by atomic mass is 10.2. The maximum Gasteiger partial charge on any atom is 0.124 e. The molecule has 0 fully saturated rings. The number of benzene rings is 3. The summed E-state index contributed by atoms with van der Waals surface area (Å²) in [6.07, 6.45) is 0. The molecule has 24 heavy (non-hydrogen) atoms. The summed E-state index contributed by atoms with van der Waals surface area (Å²) in [6, 6.07) is 23.8. The zero-order valence-corrected chi connectivity index (χ0v) is 13.8. The molecule has 3 aromatic carbocycles. The Hall–Kier alpha value is -2.85. The zero-order chi connectivity index (χ0) is 16.4. The molecule has 0 radical (unpaired) electrons. The normalized spacial score (nSPS) is 10.8. The van der Waals surface area contributed by atoms with Crippen molar-refractivity contribution >= 4 is 27.2 Å². The van der Waals surface area contributed by atoms with Crippen molar-refractivity contribution in [2.75, 3.05) is 5.32 Å². The second-order valence-electron chi connectivity index (χ2n) is 5.55. The van der Waals surface area contributed by atoms with Crippen molar-refractivity contribution in [3.05, 3.63) is 78.4 Å². The summed E-state index contributed by atoms with van der Waals surface area (Å²) in [5, 5.41) is 14.2. The standard InChI is InChI=1S/C20H16N2OS/c23-18-7-3-1-5-15(18)13-21-16-11-9-14(10-12-16)20-22-17-6-2-4-8-19(17)24-20/h1-12,21,23H,13H2. The molecule has 1 heterocycles. The number of rotatable bonds is 4. The van der Waals surface area contributed by atoms with Gasteiger partial charge in [-0.15, -0.1) is 11.3 Å². The average Bonchev–Trinajstić information content (AvgIpc) is 3.06. The summed E-state index contributed by atoms with van der Waals surface area (Å²) in [5.41, 5.74) is 4.06. The fraction of sp³-hybridized carbons (Fsp3) is 0.0500. The first-order valence-corrected chi connectivity index (χ1v) is 8.58. The number of hydrogen-bond acceptors (Lipinski definition) is 4. The van der Waals surface area contributed by atoms with Gasteiger partial charge in [-0.2, -0.15) is 0 Å². The molecule has 0 aliphatic heterocycles. The van der Waals surface area contributed by atoms with Crippen molar-refractivity contribution in [2.24, 2.45) is 0 Å². The van der Waals surface area contributed by atoms with Gasteiger partial charge in [0.2, 0.25) is 0 Å². The lowest BCUT2D eigenvalue weighted by molar-refractivity contribution is 0.469. The molecule has 0 spiro atoms. The number of nitrogens with zero attached hydrogens (tertiary/aromatic N) is 1. The van der Waals surface area contributed by atoms with Crippen molar-refractivity contribution in [1.82, 2.24) is 4.98 Å². The monoisotopic (exact) mass is 332 g/mol. The van der Waals surface area contributed by atoms with Crippen molar-refractivity contribution in [3.63, 3.8) is 0 Å². The van der Waals surface area contributed by atoms with Crippen LogP contribution in [-0.4, -0.2) is 10.1 Å². The topological polar surface area (TPSA) is 45.1 Å². The van der Waals surface area contributed by atoms with Crippen LogP contribution in [0.3, 0.4) is 0 Å². The van der Waals surface area contributed by atoms with E-state index in [1.54, 1.807) is 17.4 Å². The Labute approximate surface area is 144 Å². The molecule has 0 saturated carbocycles. The molecule has 118 valence electrons. The first-order chi connectivity index (χ1) is 11.8. The summed E-state index contributed by atoms with van der Waals surface area (Å²) >= 11 is 1.70. The zero-order valence-electron chi connectivity index (χ0n) is 12.9. The van der Waals surface area contributed by atoms with Gasteiger partial charge in [0.25, 0.3) is 0 Å². The van der Waals surface area contributed by atoms with Crippen LogP contribution in [0.15, 0.2) is 72.8 Å². The van der Waals surface area contributed by atoms with E-state index >= 15 is 0 Å². The number of hydrogen-bond donors (Lipinski definition) is 2. The predicted molar refractivity (Wildman–Crippen MR) is 100 cm³/mol. The third-order valence-electron chi connectivity index (χ3n) is 3.90. The molecular formula is C20H16N2OS. The number of fused-ring (bicyclic) bond motifs is 1. The summed E-state index contributed by atoms with van der Waals surface area (Å²) < 4.78 is 1.20. The van der Waals surface area contributed by atoms with Gasteiger partial charge in [0.15, 0.2) is 0 Å². The number of thiazole rings is 1. The molecule has 0 amide bonds. The van der Waals surface area contributed by atoms with E-state index in [0.717, 1.165) is 27.3 Å². The van der Waals surface area contributed by atoms with Crippen LogP contribution in [0.25, 0.3) is 20.8 Å². The van der Waals surface area contributed by atoms with Crippen LogP contribution in [0.4, 0.5) is 5.69 Å². The molecular weight excluding hydrogens is 316 g/mol. The fourth-order valence-corrected chi connectivity index (χ4v) is 3.56. The highest BCUT2D eigenvalue weighted by Crippen LogP contribution is 2.30. The molecule has 0 saturated heterocycles. The first-order valence-electron chi connectivity index (χ1n) is 7.76. The molecule has 0 aliphatic rings. The summed E-state index contributed by atoms with van der Waals surface area (Å²) in [6.45, 7) is 0.590. The van der Waals surface area contributed by atoms with Crippen LogP contribution in [0.1, 0.15) is 5.56 Å². The summed E-state index contributed by atoms with van der Waals surface area (Å²) in [4.78, 5) is 4.68. The second kappa shape index (κ2) is 6.34. The van der Waals surface area contributed by atoms with Crippen molar-refractivity contribution in [2.45, 2.75) is 6.54 Å². The molecule has 1 aromatic heterocycles. The van der Waals surface area contributed by atoms with Crippen molar-refractivity contribution in [1.29, 1.82) is 0 Å². The Kier molecular flexibility index (Phi) is 3.89. The Morgan fingerprint density at radius 3 is 2.42 bits per heavy atom. The minimum Gasteiger partial charge on any atom is -0.508 e. The van der Waals surface area contributed by atoms with E-state index in [1.165, 1.54) is 4.70 Å². The Balaban J connectivity index is 1.51. The van der Waals surface area contributed by atoms with E-state index in [1.807, 2.05) is 48.5 Å². The van der Waals surface area contributed by atoms with Crippen LogP contribution >= 0.6 is 11.3 Å². The predicted octanol–water partition coefficient (Wildman–Crippen LogP) is 5.28. The summed E-state index contributed by atoms with van der Waals surface area (Å²) in [7, 11) is 0. The number of aromatic nitrogens is 1. The lowest BCUT2D eigenvalue weighted by Crippen LogP contribution is -1.99. The highest BCUT2D eigenvalue weighted by atomic mass is 32.1. The first kappa shape index (κ1) is 14.7. The molecule has 4 rings (SSSR count). The highest BCUT2D eigenvalue weighted by molar-refractivity contribution is 7.21. The van der Waals surface area contributed by atoms with Gasteiger partial charge in [-0.3, -0.25) is 0 Å². The number of para-hydroxylation sites is 2. The summed E-state index contributed by atoms with van der Waals surface area (Å²) in [5.74, 6) is 0.316. The molecule has 0 aliphatic carbocycles. The maximum absolute atomic E-state index is 9.80. The van der Waals surface area contributed by atoms with E-state index in [-0.39, 0.29) is 0 Å². The van der Waals surface area contributed by atoms with Gasteiger partial charge in [-0.25, -0.2) is 4.98 Å². The minimum absolute atomic E-state index is 0.316. The quantitative estimate of drug-likeness (QED) is 0.534. The molecule has 3 nitrogen and oxygen atoms in total. The third-order valence-corrected chi connectivity index (χ3v) is 4.99. The molecule has 4 heteroatoms. The van der Waals surface area contributed by atoms with Gasteiger partial charge in [0.1, 0.15) is 10.8 Å². The van der Waals surface area contributed by atoms with Crippen molar-refractivity contribution < 1.29 is 5.11 Å². The van der Waals surface area contributed by atoms with Gasteiger partial charge in [-0.05, 0) is 42.5 Å². The van der Waals surface area contributed by atoms with E-state index in [2.05, 4.69) is 28.5 Å². The minimum atomic E-state index is 0.316. The van der Waals surface area contributed by atoms with Gasteiger partial charge >= 0.3 is 0 Å². The smallest absolute Gasteiger partial charge is 0.124 e. The SMILES string of the molecule is Oc1ccccc1CNc1ccc(-c2nc3ccccc3s2)cc1. The number of nitrogens with one attached hydrogen (secondary N) is 1. The number of phenolic OH excluding ortho intramolecular Hbond substituents is 1. The van der Waals surface area contributed by atoms with Crippen LogP contribution in [0.5, 0.6) is 5.75 Å². The van der Waals surface area contributed by atoms with Gasteiger partial charge in [-0.1, -0.05) is 30.3 Å². The number of anilines is 1. The van der Waals surface area contributed by atoms with E-state index in [0.29, 0.717) is 12.3 Å². The molecule has 4 aromatic rings. The Morgan fingerprint density at radius 2 is 1.62 bits per heavy atom. The fourth-order valence-electron chi connectivity index (χ4n) is 2.58. The molecule has 0 bridgehead atoms. The van der Waals surface area contributed by atoms with Crippen molar-refractivity contribution in [3.8, 4) is 16.3 Å². The van der Waals surface area contributed by atoms with E-state index < -0.39 is 0 Å². The van der Waals surface area contributed by atoms with Crippen LogP contribution in [-0.2, 0) is 6.54 Å². The molecule has 0 unspecified atom stereocenters. The van der Waals surface area contributed by atoms with Crippen LogP contribution in [0, 0.1) is 0 Å². The molecule has 2 N–H and O–H groups in total. The lowest BCUT2D eigenvalue weighted by Gasteiger charge is -2.08. The third kappa shape index (κ3) is 2.96. The number of aromatic hydroxyl groups is 1. The largest absolute Gasteiger partial charge is 0.508 e. The average molecular weight is 332 g/mol. The highest BCUT2D eigenvalue weighted by Gasteiger charge is 2.06. The van der Waals surface area contributed by atoms with Gasteiger partial charge in [0.05, 0.1) is 10.2 Å². The van der Waals surface area contributed by atoms with Crippen LogP contribution < -0.4 is 5.32 Å². The van der Waals surface area contributed by atoms with Crippen LogP contribution in [0.2, 0.25) is 0 Å².